The molecular formula is C29H38O4. The van der Waals surface area contributed by atoms with Crippen molar-refractivity contribution in [2.24, 2.45) is 34.5 Å². The van der Waals surface area contributed by atoms with E-state index in [0.29, 0.717) is 29.2 Å². The standard InChI is InChI=1S/C29H38O4/c1-18-16-21-17-22(32-19(2)30)12-14-28(21,3)24-13-15-29(4)23(26(18)24)10-11-25(29)33-27(31)20-8-6-5-7-9-20/h5-9,21-26H,1,10-17H2,2-4H3/t21-,22-,23+,24+,25+,26+,28-,29-/m0/s1. The molecule has 4 fully saturated rings. The van der Waals surface area contributed by atoms with E-state index in [2.05, 4.69) is 20.4 Å². The van der Waals surface area contributed by atoms with E-state index in [1.807, 2.05) is 30.3 Å². The van der Waals surface area contributed by atoms with Crippen molar-refractivity contribution in [3.8, 4) is 0 Å². The highest BCUT2D eigenvalue weighted by atomic mass is 16.5. The summed E-state index contributed by atoms with van der Waals surface area (Å²) in [6.07, 6.45) is 8.48. The lowest BCUT2D eigenvalue weighted by atomic mass is 9.44. The van der Waals surface area contributed by atoms with Crippen LogP contribution in [0.3, 0.4) is 0 Å². The maximum Gasteiger partial charge on any atom is 0.338 e. The van der Waals surface area contributed by atoms with E-state index in [-0.39, 0.29) is 35.0 Å². The fourth-order valence-electron chi connectivity index (χ4n) is 8.35. The first-order valence-electron chi connectivity index (χ1n) is 12.8. The third-order valence-corrected chi connectivity index (χ3v) is 10.1. The van der Waals surface area contributed by atoms with Crippen LogP contribution in [0.15, 0.2) is 42.5 Å². The molecule has 4 heteroatoms. The van der Waals surface area contributed by atoms with Crippen LogP contribution in [0.1, 0.15) is 82.5 Å². The molecule has 0 heterocycles. The summed E-state index contributed by atoms with van der Waals surface area (Å²) >= 11 is 0. The number of esters is 2. The average Bonchev–Trinajstić information content (AvgIpc) is 3.11. The second-order valence-corrected chi connectivity index (χ2v) is 11.7. The number of hydrogen-bond donors (Lipinski definition) is 0. The van der Waals surface area contributed by atoms with Crippen molar-refractivity contribution in [3.63, 3.8) is 0 Å². The van der Waals surface area contributed by atoms with Gasteiger partial charge in [0.15, 0.2) is 0 Å². The Bertz CT molecular complexity index is 938. The van der Waals surface area contributed by atoms with Crippen LogP contribution in [0.25, 0.3) is 0 Å². The predicted octanol–water partition coefficient (Wildman–Crippen LogP) is 6.35. The molecule has 178 valence electrons. The minimum Gasteiger partial charge on any atom is -0.463 e. The van der Waals surface area contributed by atoms with Gasteiger partial charge in [0.2, 0.25) is 0 Å². The van der Waals surface area contributed by atoms with Crippen molar-refractivity contribution in [1.29, 1.82) is 0 Å². The zero-order valence-electron chi connectivity index (χ0n) is 20.3. The van der Waals surface area contributed by atoms with Crippen molar-refractivity contribution in [2.75, 3.05) is 0 Å². The van der Waals surface area contributed by atoms with Gasteiger partial charge in [0.05, 0.1) is 5.56 Å². The molecule has 1 aromatic rings. The highest BCUT2D eigenvalue weighted by Gasteiger charge is 2.62. The summed E-state index contributed by atoms with van der Waals surface area (Å²) < 4.78 is 11.8. The number of allylic oxidation sites excluding steroid dienone is 1. The summed E-state index contributed by atoms with van der Waals surface area (Å²) in [6, 6.07) is 9.38. The average molecular weight is 451 g/mol. The van der Waals surface area contributed by atoms with E-state index in [9.17, 15) is 9.59 Å². The molecule has 4 aliphatic rings. The van der Waals surface area contributed by atoms with Gasteiger partial charge in [0.1, 0.15) is 12.2 Å². The molecule has 1 aromatic carbocycles. The summed E-state index contributed by atoms with van der Waals surface area (Å²) in [7, 11) is 0. The number of hydrogen-bond acceptors (Lipinski definition) is 4. The summed E-state index contributed by atoms with van der Waals surface area (Å²) in [5, 5.41) is 0. The van der Waals surface area contributed by atoms with Crippen LogP contribution >= 0.6 is 0 Å². The zero-order valence-corrected chi connectivity index (χ0v) is 20.3. The van der Waals surface area contributed by atoms with Crippen molar-refractivity contribution >= 4 is 11.9 Å². The Kier molecular flexibility index (Phi) is 5.69. The number of benzene rings is 1. The third-order valence-electron chi connectivity index (χ3n) is 10.1. The van der Waals surface area contributed by atoms with Crippen molar-refractivity contribution in [3.05, 3.63) is 48.0 Å². The van der Waals surface area contributed by atoms with Crippen LogP contribution < -0.4 is 0 Å². The van der Waals surface area contributed by atoms with Crippen molar-refractivity contribution < 1.29 is 19.1 Å². The molecule has 0 amide bonds. The molecule has 33 heavy (non-hydrogen) atoms. The molecule has 0 unspecified atom stereocenters. The summed E-state index contributed by atoms with van der Waals surface area (Å²) in [5.74, 6) is 1.86. The highest BCUT2D eigenvalue weighted by molar-refractivity contribution is 5.89. The quantitative estimate of drug-likeness (QED) is 0.398. The largest absolute Gasteiger partial charge is 0.463 e. The van der Waals surface area contributed by atoms with E-state index in [4.69, 9.17) is 9.47 Å². The molecule has 4 nitrogen and oxygen atoms in total. The van der Waals surface area contributed by atoms with Crippen LogP contribution in [0.5, 0.6) is 0 Å². The Morgan fingerprint density at radius 2 is 1.64 bits per heavy atom. The fraction of sp³-hybridized carbons (Fsp3) is 0.655. The van der Waals surface area contributed by atoms with E-state index in [1.54, 1.807) is 0 Å². The van der Waals surface area contributed by atoms with Gasteiger partial charge in [-0.25, -0.2) is 4.79 Å². The smallest absolute Gasteiger partial charge is 0.338 e. The van der Waals surface area contributed by atoms with Gasteiger partial charge in [-0.1, -0.05) is 44.2 Å². The first-order valence-corrected chi connectivity index (χ1v) is 12.8. The molecule has 4 aliphatic carbocycles. The van der Waals surface area contributed by atoms with Gasteiger partial charge >= 0.3 is 11.9 Å². The first kappa shape index (κ1) is 22.7. The number of ether oxygens (including phenoxy) is 2. The molecule has 8 atom stereocenters. The molecule has 0 radical (unpaired) electrons. The lowest BCUT2D eigenvalue weighted by molar-refractivity contribution is -0.156. The van der Waals surface area contributed by atoms with E-state index >= 15 is 0 Å². The topological polar surface area (TPSA) is 52.6 Å². The molecule has 0 aromatic heterocycles. The Morgan fingerprint density at radius 1 is 0.939 bits per heavy atom. The van der Waals surface area contributed by atoms with Gasteiger partial charge in [0.25, 0.3) is 0 Å². The van der Waals surface area contributed by atoms with E-state index in [0.717, 1.165) is 44.9 Å². The number of fused-ring (bicyclic) bond motifs is 5. The molecule has 0 spiro atoms. The number of rotatable bonds is 3. The minimum absolute atomic E-state index is 0.0193. The molecule has 0 saturated heterocycles. The Balaban J connectivity index is 1.34. The minimum atomic E-state index is -0.192. The molecule has 0 bridgehead atoms. The number of carbonyl (C=O) groups excluding carboxylic acids is 2. The van der Waals surface area contributed by atoms with Gasteiger partial charge in [-0.05, 0) is 92.6 Å². The van der Waals surface area contributed by atoms with Crippen molar-refractivity contribution in [2.45, 2.75) is 84.3 Å². The van der Waals surface area contributed by atoms with Gasteiger partial charge in [0, 0.05) is 12.3 Å². The Labute approximate surface area is 198 Å². The van der Waals surface area contributed by atoms with E-state index < -0.39 is 0 Å². The van der Waals surface area contributed by atoms with Gasteiger partial charge in [-0.2, -0.15) is 0 Å². The molecule has 0 N–H and O–H groups in total. The monoisotopic (exact) mass is 450 g/mol. The number of carbonyl (C=O) groups is 2. The molecule has 4 saturated carbocycles. The van der Waals surface area contributed by atoms with Crippen LogP contribution in [0.4, 0.5) is 0 Å². The normalized spacial score (nSPS) is 42.0. The van der Waals surface area contributed by atoms with Crippen LogP contribution in [0.2, 0.25) is 0 Å². The van der Waals surface area contributed by atoms with Crippen LogP contribution in [-0.4, -0.2) is 24.1 Å². The molecule has 5 rings (SSSR count). The fourth-order valence-corrected chi connectivity index (χ4v) is 8.35. The van der Waals surface area contributed by atoms with Crippen LogP contribution in [0, 0.1) is 34.5 Å². The van der Waals surface area contributed by atoms with Gasteiger partial charge in [-0.15, -0.1) is 0 Å². The second-order valence-electron chi connectivity index (χ2n) is 11.7. The summed E-state index contributed by atoms with van der Waals surface area (Å²) in [4.78, 5) is 24.4. The second kappa shape index (κ2) is 8.29. The third kappa shape index (κ3) is 3.74. The summed E-state index contributed by atoms with van der Waals surface area (Å²) in [6.45, 7) is 11.0. The molecular weight excluding hydrogens is 412 g/mol. The lowest BCUT2D eigenvalue weighted by Crippen LogP contribution is -2.55. The van der Waals surface area contributed by atoms with Crippen LogP contribution in [-0.2, 0) is 14.3 Å². The summed E-state index contributed by atoms with van der Waals surface area (Å²) in [5.41, 5.74) is 2.33. The maximum atomic E-state index is 12.8. The highest BCUT2D eigenvalue weighted by Crippen LogP contribution is 2.67. The van der Waals surface area contributed by atoms with Gasteiger partial charge in [-0.3, -0.25) is 4.79 Å². The van der Waals surface area contributed by atoms with Crippen molar-refractivity contribution in [1.82, 2.24) is 0 Å². The lowest BCUT2D eigenvalue weighted by Gasteiger charge is -2.61. The Morgan fingerprint density at radius 3 is 2.36 bits per heavy atom. The molecule has 0 aliphatic heterocycles. The predicted molar refractivity (Wildman–Crippen MR) is 127 cm³/mol. The maximum absolute atomic E-state index is 12.8. The first-order chi connectivity index (χ1) is 15.7. The van der Waals surface area contributed by atoms with E-state index in [1.165, 1.54) is 18.9 Å². The SMILES string of the molecule is C=C1C[C@H]2C[C@@H](OC(C)=O)CC[C@]2(C)[C@@H]2CC[C@@]3(C)[C@H](CC[C@H]3OC(=O)c3ccccc3)[C@@H]12. The zero-order chi connectivity index (χ0) is 23.4. The Hall–Kier alpha value is -2.10. The van der Waals surface area contributed by atoms with Gasteiger partial charge < -0.3 is 9.47 Å².